The molecule has 0 bridgehead atoms. The molecule has 104 valence electrons. The van der Waals surface area contributed by atoms with Crippen molar-refractivity contribution in [3.8, 4) is 0 Å². The number of hydrogen-bond acceptors (Lipinski definition) is 3. The van der Waals surface area contributed by atoms with Crippen molar-refractivity contribution in [1.82, 2.24) is 4.90 Å². The summed E-state index contributed by atoms with van der Waals surface area (Å²) in [5, 5.41) is 0. The molecule has 0 spiro atoms. The third-order valence-corrected chi connectivity index (χ3v) is 3.75. The first-order valence-corrected chi connectivity index (χ1v) is 6.63. The summed E-state index contributed by atoms with van der Waals surface area (Å²) in [5.41, 5.74) is -1.11. The second-order valence-corrected chi connectivity index (χ2v) is 5.13. The molecule has 1 aliphatic rings. The van der Waals surface area contributed by atoms with Crippen LogP contribution in [0, 0.1) is 5.92 Å². The highest BCUT2D eigenvalue weighted by atomic mass is 16.6. The number of likely N-dealkylation sites (tertiary alicyclic amines) is 1. The van der Waals surface area contributed by atoms with E-state index in [0.29, 0.717) is 19.5 Å². The summed E-state index contributed by atoms with van der Waals surface area (Å²) in [4.78, 5) is 14.1. The number of nitrogens with zero attached hydrogens (tertiary/aromatic N) is 1. The summed E-state index contributed by atoms with van der Waals surface area (Å²) < 4.78 is 45.9. The van der Waals surface area contributed by atoms with Gasteiger partial charge < -0.3 is 9.64 Å². The summed E-state index contributed by atoms with van der Waals surface area (Å²) in [6.07, 6.45) is 0.563. The molecule has 2 atom stereocenters. The molecule has 1 aromatic carbocycles. The Morgan fingerprint density at radius 3 is 2.79 bits per heavy atom. The Balaban J connectivity index is 2.71. The Kier molecular flexibility index (Phi) is 2.64. The smallest absolute Gasteiger partial charge is 0.306 e. The van der Waals surface area contributed by atoms with Crippen LogP contribution in [-0.2, 0) is 15.1 Å². The van der Waals surface area contributed by atoms with Crippen LogP contribution in [0.15, 0.2) is 30.2 Å². The number of esters is 1. The van der Waals surface area contributed by atoms with E-state index in [9.17, 15) is 4.79 Å². The minimum atomic E-state index is -1.20. The second-order valence-electron chi connectivity index (χ2n) is 5.13. The van der Waals surface area contributed by atoms with Crippen molar-refractivity contribution in [3.63, 3.8) is 0 Å². The van der Waals surface area contributed by atoms with Gasteiger partial charge in [-0.1, -0.05) is 44.1 Å². The lowest BCUT2D eigenvalue weighted by atomic mass is 9.76. The molecule has 1 fully saturated rings. The fraction of sp³-hybridized carbons (Fsp3) is 0.562. The molecule has 0 saturated carbocycles. The minimum absolute atomic E-state index is 0.0934. The Labute approximate surface area is 122 Å². The maximum atomic E-state index is 12.1. The first kappa shape index (κ1) is 8.75. The van der Waals surface area contributed by atoms with E-state index in [-0.39, 0.29) is 30.0 Å². The maximum Gasteiger partial charge on any atom is 0.306 e. The highest BCUT2D eigenvalue weighted by Crippen LogP contribution is 2.40. The van der Waals surface area contributed by atoms with Gasteiger partial charge in [0, 0.05) is 31.8 Å². The van der Waals surface area contributed by atoms with E-state index in [2.05, 4.69) is 4.90 Å². The lowest BCUT2D eigenvalue weighted by Crippen LogP contribution is -2.50. The number of benzene rings is 1. The van der Waals surface area contributed by atoms with Gasteiger partial charge in [-0.25, -0.2) is 0 Å². The highest BCUT2D eigenvalue weighted by Gasteiger charge is 2.44. The monoisotopic (exact) mass is 266 g/mol. The molecule has 0 unspecified atom stereocenters. The van der Waals surface area contributed by atoms with Gasteiger partial charge in [-0.05, 0) is 12.6 Å². The molecule has 19 heavy (non-hydrogen) atoms. The van der Waals surface area contributed by atoms with Gasteiger partial charge in [0.1, 0.15) is 5.60 Å². The SMILES string of the molecule is [2H]c1c([2H])c([2H])c([C@@]2(OC(=O)CC)CCN(C)C[C@@H]2C)c([2H])c1[2H]. The van der Waals surface area contributed by atoms with E-state index in [1.165, 1.54) is 0 Å². The van der Waals surface area contributed by atoms with E-state index in [4.69, 9.17) is 11.6 Å². The van der Waals surface area contributed by atoms with Gasteiger partial charge in [-0.2, -0.15) is 0 Å². The molecule has 0 aromatic heterocycles. The molecule has 0 aliphatic carbocycles. The number of ether oxygens (including phenoxy) is 1. The zero-order valence-electron chi connectivity index (χ0n) is 16.7. The summed E-state index contributed by atoms with van der Waals surface area (Å²) in [5.74, 6) is -0.631. The predicted molar refractivity (Wildman–Crippen MR) is 75.8 cm³/mol. The molecule has 1 saturated heterocycles. The zero-order chi connectivity index (χ0) is 18.2. The minimum Gasteiger partial charge on any atom is -0.454 e. The van der Waals surface area contributed by atoms with Crippen LogP contribution in [0.2, 0.25) is 0 Å². The van der Waals surface area contributed by atoms with Crippen molar-refractivity contribution in [2.24, 2.45) is 5.92 Å². The molecule has 2 rings (SSSR count). The summed E-state index contributed by atoms with van der Waals surface area (Å²) in [7, 11) is 1.95. The molecule has 1 aliphatic heterocycles. The average Bonchev–Trinajstić information content (AvgIpc) is 2.54. The van der Waals surface area contributed by atoms with Crippen molar-refractivity contribution in [2.45, 2.75) is 32.3 Å². The van der Waals surface area contributed by atoms with Gasteiger partial charge in [-0.15, -0.1) is 0 Å². The molecule has 0 N–H and O–H groups in total. The first-order valence-electron chi connectivity index (χ1n) is 9.13. The van der Waals surface area contributed by atoms with E-state index >= 15 is 0 Å². The van der Waals surface area contributed by atoms with Crippen LogP contribution in [0.25, 0.3) is 0 Å². The van der Waals surface area contributed by atoms with Crippen molar-refractivity contribution in [3.05, 3.63) is 35.8 Å². The lowest BCUT2D eigenvalue weighted by Gasteiger charge is -2.45. The third kappa shape index (κ3) is 2.81. The Morgan fingerprint density at radius 1 is 1.53 bits per heavy atom. The van der Waals surface area contributed by atoms with E-state index in [0.717, 1.165) is 0 Å². The quantitative estimate of drug-likeness (QED) is 0.788. The highest BCUT2D eigenvalue weighted by molar-refractivity contribution is 5.69. The number of hydrogen-bond donors (Lipinski definition) is 0. The summed E-state index contributed by atoms with van der Waals surface area (Å²) in [6, 6.07) is -1.82. The molecular formula is C16H23NO2. The van der Waals surface area contributed by atoms with Gasteiger partial charge in [0.2, 0.25) is 0 Å². The number of carbonyl (C=O) groups excluding carboxylic acids is 1. The van der Waals surface area contributed by atoms with Gasteiger partial charge in [0.15, 0.2) is 0 Å². The fourth-order valence-corrected chi connectivity index (χ4v) is 2.62. The predicted octanol–water partition coefficient (Wildman–Crippen LogP) is 2.81. The molecule has 3 heteroatoms. The van der Waals surface area contributed by atoms with Crippen LogP contribution in [0.3, 0.4) is 0 Å². The van der Waals surface area contributed by atoms with Gasteiger partial charge in [0.05, 0.1) is 6.85 Å². The van der Waals surface area contributed by atoms with Crippen molar-refractivity contribution in [1.29, 1.82) is 0 Å². The summed E-state index contributed by atoms with van der Waals surface area (Å²) >= 11 is 0. The van der Waals surface area contributed by atoms with Crippen LogP contribution < -0.4 is 0 Å². The van der Waals surface area contributed by atoms with E-state index in [1.54, 1.807) is 6.92 Å². The zero-order valence-corrected chi connectivity index (χ0v) is 11.7. The first-order chi connectivity index (χ1) is 11.2. The largest absolute Gasteiger partial charge is 0.454 e. The van der Waals surface area contributed by atoms with Gasteiger partial charge in [0.25, 0.3) is 0 Å². The van der Waals surface area contributed by atoms with Crippen LogP contribution in [0.4, 0.5) is 0 Å². The standard InChI is InChI=1S/C16H23NO2/c1-4-15(18)19-16(14-8-6-5-7-9-14)10-11-17(3)12-13(16)2/h5-9,13H,4,10-12H2,1-3H3/t13-,16+/m0/s1/i5D,6D,7D,8D,9D. The van der Waals surface area contributed by atoms with Crippen LogP contribution >= 0.6 is 0 Å². The van der Waals surface area contributed by atoms with Crippen LogP contribution in [-0.4, -0.2) is 31.0 Å². The number of carbonyl (C=O) groups is 1. The lowest BCUT2D eigenvalue weighted by molar-refractivity contribution is -0.174. The Bertz CT molecular complexity index is 637. The van der Waals surface area contributed by atoms with Gasteiger partial charge >= 0.3 is 5.97 Å². The molecule has 1 heterocycles. The van der Waals surface area contributed by atoms with Crippen molar-refractivity contribution < 1.29 is 16.4 Å². The molecular weight excluding hydrogens is 238 g/mol. The molecule has 1 aromatic rings. The van der Waals surface area contributed by atoms with E-state index in [1.807, 2.05) is 14.0 Å². The van der Waals surface area contributed by atoms with Crippen molar-refractivity contribution in [2.75, 3.05) is 20.1 Å². The van der Waals surface area contributed by atoms with Crippen molar-refractivity contribution >= 4 is 5.97 Å². The fourth-order valence-electron chi connectivity index (χ4n) is 2.62. The van der Waals surface area contributed by atoms with E-state index < -0.39 is 29.7 Å². The van der Waals surface area contributed by atoms with Crippen LogP contribution in [0.1, 0.15) is 39.1 Å². The summed E-state index contributed by atoms with van der Waals surface area (Å²) in [6.45, 7) is 4.79. The topological polar surface area (TPSA) is 29.5 Å². The average molecular weight is 266 g/mol. The molecule has 0 radical (unpaired) electrons. The number of rotatable bonds is 3. The maximum absolute atomic E-state index is 12.1. The molecule has 0 amide bonds. The third-order valence-electron chi connectivity index (χ3n) is 3.75. The Morgan fingerprint density at radius 2 is 2.21 bits per heavy atom. The van der Waals surface area contributed by atoms with Crippen LogP contribution in [0.5, 0.6) is 0 Å². The Hall–Kier alpha value is -1.35. The van der Waals surface area contributed by atoms with Gasteiger partial charge in [-0.3, -0.25) is 4.79 Å². The molecule has 3 nitrogen and oxygen atoms in total. The number of piperidine rings is 1. The second kappa shape index (κ2) is 5.74. The normalized spacial score (nSPS) is 31.7.